The molecule has 0 radical (unpaired) electrons. The van der Waals surface area contributed by atoms with Crippen molar-refractivity contribution in [2.24, 2.45) is 11.1 Å². The minimum atomic E-state index is -0.896. The molecule has 0 aromatic heterocycles. The molecule has 1 saturated heterocycles. The molecule has 4 N–H and O–H groups in total. The van der Waals surface area contributed by atoms with Crippen LogP contribution in [0.2, 0.25) is 0 Å². The van der Waals surface area contributed by atoms with E-state index in [4.69, 9.17) is 22.7 Å². The van der Waals surface area contributed by atoms with Crippen LogP contribution in [-0.4, -0.2) is 42.6 Å². The molecule has 20 heavy (non-hydrogen) atoms. The molecule has 1 fully saturated rings. The molecule has 1 aliphatic heterocycles. The third kappa shape index (κ3) is 3.89. The SMILES string of the molecule is CCCNC(=O)C(C)NC(=O)C1(C(N)=S)CCOCC1. The van der Waals surface area contributed by atoms with E-state index in [0.717, 1.165) is 6.42 Å². The van der Waals surface area contributed by atoms with Gasteiger partial charge in [-0.15, -0.1) is 0 Å². The van der Waals surface area contributed by atoms with Gasteiger partial charge in [0.15, 0.2) is 0 Å². The zero-order valence-electron chi connectivity index (χ0n) is 12.0. The van der Waals surface area contributed by atoms with Crippen LogP contribution in [0.1, 0.15) is 33.1 Å². The lowest BCUT2D eigenvalue weighted by Crippen LogP contribution is -2.56. The average Bonchev–Trinajstić information content (AvgIpc) is 2.44. The second-order valence-corrected chi connectivity index (χ2v) is 5.48. The van der Waals surface area contributed by atoms with Gasteiger partial charge in [-0.25, -0.2) is 0 Å². The molecule has 2 amide bonds. The van der Waals surface area contributed by atoms with Gasteiger partial charge in [0.25, 0.3) is 0 Å². The van der Waals surface area contributed by atoms with Gasteiger partial charge >= 0.3 is 0 Å². The highest BCUT2D eigenvalue weighted by Gasteiger charge is 2.43. The summed E-state index contributed by atoms with van der Waals surface area (Å²) in [5.74, 6) is -0.488. The van der Waals surface area contributed by atoms with Crippen molar-refractivity contribution in [2.75, 3.05) is 19.8 Å². The van der Waals surface area contributed by atoms with E-state index < -0.39 is 11.5 Å². The zero-order valence-corrected chi connectivity index (χ0v) is 12.8. The first-order valence-electron chi connectivity index (χ1n) is 6.90. The van der Waals surface area contributed by atoms with E-state index in [1.807, 2.05) is 6.92 Å². The van der Waals surface area contributed by atoms with E-state index >= 15 is 0 Å². The highest BCUT2D eigenvalue weighted by Crippen LogP contribution is 2.31. The summed E-state index contributed by atoms with van der Waals surface area (Å²) in [5.41, 5.74) is 4.85. The number of carbonyl (C=O) groups is 2. The smallest absolute Gasteiger partial charge is 0.242 e. The lowest BCUT2D eigenvalue weighted by atomic mass is 9.79. The summed E-state index contributed by atoms with van der Waals surface area (Å²) in [6.45, 7) is 5.10. The lowest BCUT2D eigenvalue weighted by Gasteiger charge is -2.35. The summed E-state index contributed by atoms with van der Waals surface area (Å²) in [5, 5.41) is 5.45. The monoisotopic (exact) mass is 301 g/mol. The Kier molecular flexibility index (Phi) is 6.35. The molecule has 1 heterocycles. The Hall–Kier alpha value is -1.21. The summed E-state index contributed by atoms with van der Waals surface area (Å²) < 4.78 is 5.26. The molecule has 1 atom stereocenters. The molecule has 0 saturated carbocycles. The number of nitrogens with two attached hydrogens (primary N) is 1. The van der Waals surface area contributed by atoms with E-state index in [1.54, 1.807) is 6.92 Å². The summed E-state index contributed by atoms with van der Waals surface area (Å²) in [6, 6.07) is -0.608. The Labute approximate surface area is 124 Å². The quantitative estimate of drug-likeness (QED) is 0.605. The molecule has 7 heteroatoms. The third-order valence-corrected chi connectivity index (χ3v) is 3.93. The third-order valence-electron chi connectivity index (χ3n) is 3.54. The predicted octanol–water partition coefficient (Wildman–Crippen LogP) is 0.100. The van der Waals surface area contributed by atoms with Crippen LogP contribution in [0.3, 0.4) is 0 Å². The molecule has 1 aliphatic rings. The molecule has 0 aliphatic carbocycles. The van der Waals surface area contributed by atoms with E-state index in [9.17, 15) is 9.59 Å². The number of carbonyl (C=O) groups excluding carboxylic acids is 2. The molecule has 0 aromatic carbocycles. The van der Waals surface area contributed by atoms with E-state index in [2.05, 4.69) is 10.6 Å². The fraction of sp³-hybridized carbons (Fsp3) is 0.769. The molecule has 0 bridgehead atoms. The molecule has 0 aromatic rings. The first-order valence-corrected chi connectivity index (χ1v) is 7.31. The minimum absolute atomic E-state index is 0.166. The average molecular weight is 301 g/mol. The Morgan fingerprint density at radius 2 is 2.00 bits per heavy atom. The molecular formula is C13H23N3O3S. The summed E-state index contributed by atoms with van der Waals surface area (Å²) in [7, 11) is 0. The van der Waals surface area contributed by atoms with Crippen molar-refractivity contribution < 1.29 is 14.3 Å². The molecule has 1 rings (SSSR count). The second kappa shape index (κ2) is 7.54. The summed E-state index contributed by atoms with van der Waals surface area (Å²) in [4.78, 5) is 24.4. The Balaban J connectivity index is 2.67. The number of thiocarbonyl (C=S) groups is 1. The number of hydrogen-bond donors (Lipinski definition) is 3. The molecule has 6 nitrogen and oxygen atoms in total. The maximum Gasteiger partial charge on any atom is 0.242 e. The van der Waals surface area contributed by atoms with Gasteiger partial charge in [0.05, 0.1) is 4.99 Å². The van der Waals surface area contributed by atoms with Gasteiger partial charge in [0.1, 0.15) is 11.5 Å². The topological polar surface area (TPSA) is 93.5 Å². The van der Waals surface area contributed by atoms with Gasteiger partial charge in [0.2, 0.25) is 11.8 Å². The van der Waals surface area contributed by atoms with Crippen LogP contribution in [0.25, 0.3) is 0 Å². The summed E-state index contributed by atoms with van der Waals surface area (Å²) in [6.07, 6.45) is 1.76. The van der Waals surface area contributed by atoms with Gasteiger partial charge < -0.3 is 21.1 Å². The highest BCUT2D eigenvalue weighted by atomic mass is 32.1. The van der Waals surface area contributed by atoms with Crippen molar-refractivity contribution in [3.05, 3.63) is 0 Å². The van der Waals surface area contributed by atoms with Gasteiger partial charge in [-0.05, 0) is 26.2 Å². The van der Waals surface area contributed by atoms with E-state index in [-0.39, 0.29) is 16.8 Å². The normalized spacial score (nSPS) is 18.9. The maximum atomic E-state index is 12.4. The lowest BCUT2D eigenvalue weighted by molar-refractivity contribution is -0.135. The Morgan fingerprint density at radius 1 is 1.40 bits per heavy atom. The zero-order chi connectivity index (χ0) is 15.2. The fourth-order valence-corrected chi connectivity index (χ4v) is 2.40. The minimum Gasteiger partial charge on any atom is -0.392 e. The number of nitrogens with one attached hydrogen (secondary N) is 2. The van der Waals surface area contributed by atoms with Gasteiger partial charge in [-0.2, -0.15) is 0 Å². The van der Waals surface area contributed by atoms with Crippen LogP contribution in [-0.2, 0) is 14.3 Å². The second-order valence-electron chi connectivity index (χ2n) is 5.04. The molecular weight excluding hydrogens is 278 g/mol. The largest absolute Gasteiger partial charge is 0.392 e. The number of hydrogen-bond acceptors (Lipinski definition) is 4. The summed E-state index contributed by atoms with van der Waals surface area (Å²) >= 11 is 5.05. The van der Waals surface area contributed by atoms with Crippen molar-refractivity contribution in [1.29, 1.82) is 0 Å². The van der Waals surface area contributed by atoms with Crippen molar-refractivity contribution >= 4 is 29.0 Å². The standard InChI is InChI=1S/C13H23N3O3S/c1-3-6-15-10(17)9(2)16-12(18)13(11(14)20)4-7-19-8-5-13/h9H,3-8H2,1-2H3,(H2,14,20)(H,15,17)(H,16,18). The predicted molar refractivity (Wildman–Crippen MR) is 80.2 cm³/mol. The van der Waals surface area contributed by atoms with Crippen LogP contribution >= 0.6 is 12.2 Å². The van der Waals surface area contributed by atoms with Crippen LogP contribution in [0.5, 0.6) is 0 Å². The van der Waals surface area contributed by atoms with Crippen molar-refractivity contribution in [2.45, 2.75) is 39.2 Å². The van der Waals surface area contributed by atoms with Gasteiger partial charge in [-0.3, -0.25) is 9.59 Å². The molecule has 1 unspecified atom stereocenters. The van der Waals surface area contributed by atoms with E-state index in [1.165, 1.54) is 0 Å². The van der Waals surface area contributed by atoms with Crippen LogP contribution in [0, 0.1) is 5.41 Å². The van der Waals surface area contributed by atoms with E-state index in [0.29, 0.717) is 32.6 Å². The number of amides is 2. The first kappa shape index (κ1) is 16.8. The van der Waals surface area contributed by atoms with Crippen LogP contribution < -0.4 is 16.4 Å². The number of ether oxygens (including phenoxy) is 1. The fourth-order valence-electron chi connectivity index (χ4n) is 2.11. The highest BCUT2D eigenvalue weighted by molar-refractivity contribution is 7.80. The van der Waals surface area contributed by atoms with Gasteiger partial charge in [-0.1, -0.05) is 19.1 Å². The number of rotatable bonds is 6. The Morgan fingerprint density at radius 3 is 2.50 bits per heavy atom. The van der Waals surface area contributed by atoms with Gasteiger partial charge in [0, 0.05) is 19.8 Å². The van der Waals surface area contributed by atoms with Crippen LogP contribution in [0.15, 0.2) is 0 Å². The molecule has 0 spiro atoms. The molecule has 114 valence electrons. The Bertz CT molecular complexity index is 381. The van der Waals surface area contributed by atoms with Crippen molar-refractivity contribution in [3.63, 3.8) is 0 Å². The van der Waals surface area contributed by atoms with Crippen molar-refractivity contribution in [1.82, 2.24) is 10.6 Å². The van der Waals surface area contributed by atoms with Crippen molar-refractivity contribution in [3.8, 4) is 0 Å². The maximum absolute atomic E-state index is 12.4. The van der Waals surface area contributed by atoms with Crippen LogP contribution in [0.4, 0.5) is 0 Å². The first-order chi connectivity index (χ1) is 9.44.